The van der Waals surface area contributed by atoms with Gasteiger partial charge in [-0.3, -0.25) is 0 Å². The second kappa shape index (κ2) is 8.66. The Balaban J connectivity index is 1.36. The maximum atomic E-state index is 10.9. The highest BCUT2D eigenvalue weighted by Crippen LogP contribution is 2.33. The third kappa shape index (κ3) is 4.95. The van der Waals surface area contributed by atoms with Crippen LogP contribution in [0.5, 0.6) is 0 Å². The van der Waals surface area contributed by atoms with Crippen LogP contribution in [-0.4, -0.2) is 42.2 Å². The molecule has 0 spiro atoms. The summed E-state index contributed by atoms with van der Waals surface area (Å²) < 4.78 is 0. The van der Waals surface area contributed by atoms with Gasteiger partial charge in [-0.1, -0.05) is 43.0 Å². The van der Waals surface area contributed by atoms with E-state index in [1.165, 1.54) is 38.5 Å². The highest BCUT2D eigenvalue weighted by molar-refractivity contribution is 6.30. The smallest absolute Gasteiger partial charge is 0.0920 e. The second-order valence-electron chi connectivity index (χ2n) is 7.52. The van der Waals surface area contributed by atoms with Crippen molar-refractivity contribution < 1.29 is 5.11 Å². The monoisotopic (exact) mass is 350 g/mol. The van der Waals surface area contributed by atoms with Crippen LogP contribution in [0.3, 0.4) is 0 Å². The Kier molecular flexibility index (Phi) is 6.56. The number of aliphatic hydroxyl groups is 1. The summed E-state index contributed by atoms with van der Waals surface area (Å²) >= 11 is 5.95. The summed E-state index contributed by atoms with van der Waals surface area (Å²) in [6.07, 6.45) is 9.75. The fourth-order valence-corrected chi connectivity index (χ4v) is 4.24. The van der Waals surface area contributed by atoms with Crippen LogP contribution >= 0.6 is 11.6 Å². The third-order valence-corrected chi connectivity index (χ3v) is 6.01. The molecule has 1 aromatic rings. The molecule has 0 bridgehead atoms. The normalized spacial score (nSPS) is 22.6. The van der Waals surface area contributed by atoms with Crippen LogP contribution in [0.25, 0.3) is 0 Å². The van der Waals surface area contributed by atoms with E-state index in [4.69, 9.17) is 11.6 Å². The number of benzene rings is 1. The van der Waals surface area contributed by atoms with Gasteiger partial charge in [-0.25, -0.2) is 0 Å². The Morgan fingerprint density at radius 1 is 1.08 bits per heavy atom. The topological polar surface area (TPSA) is 35.5 Å². The molecule has 3 rings (SSSR count). The molecule has 2 aliphatic rings. The minimum absolute atomic E-state index is 0.679. The molecule has 1 heterocycles. The van der Waals surface area contributed by atoms with Gasteiger partial charge < -0.3 is 15.3 Å². The van der Waals surface area contributed by atoms with Gasteiger partial charge in [0.2, 0.25) is 0 Å². The van der Waals surface area contributed by atoms with Gasteiger partial charge >= 0.3 is 0 Å². The van der Waals surface area contributed by atoms with Crippen molar-refractivity contribution in [3.05, 3.63) is 34.9 Å². The van der Waals surface area contributed by atoms with Crippen LogP contribution in [0.2, 0.25) is 5.02 Å². The SMILES string of the molecule is OC1(c2ccc(Cl)cc2)CCN(CCCNC2CCCCC2)CC1. The maximum Gasteiger partial charge on any atom is 0.0920 e. The largest absolute Gasteiger partial charge is 0.385 e. The zero-order valence-corrected chi connectivity index (χ0v) is 15.4. The molecule has 24 heavy (non-hydrogen) atoms. The first-order valence-corrected chi connectivity index (χ1v) is 9.98. The predicted octanol–water partition coefficient (Wildman–Crippen LogP) is 3.94. The Bertz CT molecular complexity index is 491. The van der Waals surface area contributed by atoms with Crippen LogP contribution in [0.1, 0.15) is 56.9 Å². The summed E-state index contributed by atoms with van der Waals surface area (Å²) in [5.41, 5.74) is 0.326. The van der Waals surface area contributed by atoms with E-state index < -0.39 is 5.60 Å². The van der Waals surface area contributed by atoms with Crippen molar-refractivity contribution in [3.8, 4) is 0 Å². The van der Waals surface area contributed by atoms with Crippen LogP contribution in [0, 0.1) is 0 Å². The van der Waals surface area contributed by atoms with E-state index in [0.29, 0.717) is 0 Å². The molecule has 0 radical (unpaired) electrons. The highest BCUT2D eigenvalue weighted by atomic mass is 35.5. The fourth-order valence-electron chi connectivity index (χ4n) is 4.11. The van der Waals surface area contributed by atoms with Gasteiger partial charge in [0.25, 0.3) is 0 Å². The Morgan fingerprint density at radius 3 is 2.42 bits per heavy atom. The van der Waals surface area contributed by atoms with Gasteiger partial charge in [0.05, 0.1) is 5.60 Å². The number of likely N-dealkylation sites (tertiary alicyclic amines) is 1. The molecule has 3 nitrogen and oxygen atoms in total. The number of halogens is 1. The minimum Gasteiger partial charge on any atom is -0.385 e. The first-order chi connectivity index (χ1) is 11.7. The quantitative estimate of drug-likeness (QED) is 0.763. The molecule has 2 fully saturated rings. The molecule has 0 unspecified atom stereocenters. The number of hydrogen-bond acceptors (Lipinski definition) is 3. The van der Waals surface area contributed by atoms with Crippen molar-refractivity contribution in [2.45, 2.75) is 63.0 Å². The van der Waals surface area contributed by atoms with E-state index in [9.17, 15) is 5.11 Å². The molecule has 1 aliphatic heterocycles. The standard InChI is InChI=1S/C20H31ClN2O/c21-18-9-7-17(8-10-18)20(24)11-15-23(16-12-20)14-4-13-22-19-5-2-1-3-6-19/h7-10,19,22,24H,1-6,11-16H2. The fraction of sp³-hybridized carbons (Fsp3) is 0.700. The van der Waals surface area contributed by atoms with E-state index in [0.717, 1.165) is 55.6 Å². The van der Waals surface area contributed by atoms with E-state index in [-0.39, 0.29) is 0 Å². The molecule has 0 aromatic heterocycles. The number of hydrogen-bond donors (Lipinski definition) is 2. The summed E-state index contributed by atoms with van der Waals surface area (Å²) in [4.78, 5) is 2.49. The molecule has 1 saturated carbocycles. The number of nitrogens with one attached hydrogen (secondary N) is 1. The van der Waals surface area contributed by atoms with Gasteiger partial charge in [-0.05, 0) is 62.9 Å². The molecule has 4 heteroatoms. The lowest BCUT2D eigenvalue weighted by Gasteiger charge is -2.38. The van der Waals surface area contributed by atoms with Crippen molar-refractivity contribution in [3.63, 3.8) is 0 Å². The second-order valence-corrected chi connectivity index (χ2v) is 7.96. The van der Waals surface area contributed by atoms with Gasteiger partial charge in [0.1, 0.15) is 0 Å². The summed E-state index contributed by atoms with van der Waals surface area (Å²) in [5.74, 6) is 0. The van der Waals surface area contributed by atoms with Gasteiger partial charge in [-0.15, -0.1) is 0 Å². The zero-order chi connectivity index (χ0) is 16.8. The molecule has 1 aromatic carbocycles. The van der Waals surface area contributed by atoms with Crippen molar-refractivity contribution in [1.29, 1.82) is 0 Å². The van der Waals surface area contributed by atoms with Crippen molar-refractivity contribution in [1.82, 2.24) is 10.2 Å². The minimum atomic E-state index is -0.679. The Labute approximate surface area is 151 Å². The van der Waals surface area contributed by atoms with E-state index >= 15 is 0 Å². The van der Waals surface area contributed by atoms with Crippen LogP contribution in [0.4, 0.5) is 0 Å². The average molecular weight is 351 g/mol. The number of rotatable bonds is 6. The summed E-state index contributed by atoms with van der Waals surface area (Å²) in [6, 6.07) is 8.43. The summed E-state index contributed by atoms with van der Waals surface area (Å²) in [5, 5.41) is 15.4. The molecule has 2 N–H and O–H groups in total. The summed E-state index contributed by atoms with van der Waals surface area (Å²) in [6.45, 7) is 4.21. The average Bonchev–Trinajstić information content (AvgIpc) is 2.62. The van der Waals surface area contributed by atoms with E-state index in [1.54, 1.807) is 0 Å². The first kappa shape index (κ1) is 18.2. The molecular weight excluding hydrogens is 320 g/mol. The van der Waals surface area contributed by atoms with Crippen molar-refractivity contribution in [2.75, 3.05) is 26.2 Å². The molecular formula is C20H31ClN2O. The van der Waals surface area contributed by atoms with Crippen molar-refractivity contribution in [2.24, 2.45) is 0 Å². The third-order valence-electron chi connectivity index (χ3n) is 5.75. The molecule has 1 saturated heterocycles. The molecule has 0 amide bonds. The highest BCUT2D eigenvalue weighted by Gasteiger charge is 2.33. The first-order valence-electron chi connectivity index (χ1n) is 9.60. The lowest BCUT2D eigenvalue weighted by atomic mass is 9.84. The lowest BCUT2D eigenvalue weighted by molar-refractivity contribution is -0.0259. The van der Waals surface area contributed by atoms with Crippen LogP contribution < -0.4 is 5.32 Å². The molecule has 0 atom stereocenters. The Morgan fingerprint density at radius 2 is 1.75 bits per heavy atom. The van der Waals surface area contributed by atoms with Crippen LogP contribution in [0.15, 0.2) is 24.3 Å². The van der Waals surface area contributed by atoms with Crippen LogP contribution in [-0.2, 0) is 5.60 Å². The summed E-state index contributed by atoms with van der Waals surface area (Å²) in [7, 11) is 0. The molecule has 134 valence electrons. The zero-order valence-electron chi connectivity index (χ0n) is 14.6. The van der Waals surface area contributed by atoms with E-state index in [2.05, 4.69) is 10.2 Å². The van der Waals surface area contributed by atoms with Gasteiger partial charge in [-0.2, -0.15) is 0 Å². The molecule has 1 aliphatic carbocycles. The van der Waals surface area contributed by atoms with Crippen molar-refractivity contribution >= 4 is 11.6 Å². The van der Waals surface area contributed by atoms with Gasteiger partial charge in [0.15, 0.2) is 0 Å². The maximum absolute atomic E-state index is 10.9. The Hall–Kier alpha value is -0.610. The van der Waals surface area contributed by atoms with Gasteiger partial charge in [0, 0.05) is 24.2 Å². The number of nitrogens with zero attached hydrogens (tertiary/aromatic N) is 1. The predicted molar refractivity (Wildman–Crippen MR) is 101 cm³/mol. The lowest BCUT2D eigenvalue weighted by Crippen LogP contribution is -2.43. The number of piperidine rings is 1. The van der Waals surface area contributed by atoms with E-state index in [1.807, 2.05) is 24.3 Å².